The maximum atomic E-state index is 11.9. The number of benzene rings is 2. The quantitative estimate of drug-likeness (QED) is 0.588. The smallest absolute Gasteiger partial charge is 0.339 e. The summed E-state index contributed by atoms with van der Waals surface area (Å²) in [6, 6.07) is 16.7. The summed E-state index contributed by atoms with van der Waals surface area (Å²) < 4.78 is 5.00. The highest BCUT2D eigenvalue weighted by molar-refractivity contribution is 7.98. The highest BCUT2D eigenvalue weighted by Crippen LogP contribution is 2.24. The average Bonchev–Trinajstić information content (AvgIpc) is 2.54. The van der Waals surface area contributed by atoms with Crippen LogP contribution in [-0.2, 0) is 10.5 Å². The molecule has 5 heteroatoms. The second-order valence-corrected chi connectivity index (χ2v) is 6.10. The zero-order chi connectivity index (χ0) is 15.9. The SMILES string of the molecule is C[C@@H](C#N)OC(=O)c1cccc(CSc2ccc(Cl)cc2)c1. The van der Waals surface area contributed by atoms with Crippen LogP contribution in [0.4, 0.5) is 0 Å². The average molecular weight is 332 g/mol. The minimum atomic E-state index is -0.750. The molecule has 0 heterocycles. The summed E-state index contributed by atoms with van der Waals surface area (Å²) in [7, 11) is 0. The van der Waals surface area contributed by atoms with Gasteiger partial charge in [-0.15, -0.1) is 11.8 Å². The van der Waals surface area contributed by atoms with Crippen LogP contribution in [0.1, 0.15) is 22.8 Å². The Kier molecular flexibility index (Phi) is 5.88. The molecule has 0 aliphatic carbocycles. The van der Waals surface area contributed by atoms with Crippen molar-refractivity contribution in [2.24, 2.45) is 0 Å². The van der Waals surface area contributed by atoms with E-state index in [0.29, 0.717) is 10.6 Å². The first-order chi connectivity index (χ1) is 10.6. The van der Waals surface area contributed by atoms with E-state index in [-0.39, 0.29) is 0 Å². The van der Waals surface area contributed by atoms with Crippen molar-refractivity contribution < 1.29 is 9.53 Å². The molecule has 1 atom stereocenters. The van der Waals surface area contributed by atoms with E-state index in [4.69, 9.17) is 21.6 Å². The molecule has 0 spiro atoms. The lowest BCUT2D eigenvalue weighted by molar-refractivity contribution is 0.0435. The number of carbonyl (C=O) groups is 1. The summed E-state index contributed by atoms with van der Waals surface area (Å²) in [6.07, 6.45) is -0.750. The van der Waals surface area contributed by atoms with Crippen LogP contribution in [0.15, 0.2) is 53.4 Å². The summed E-state index contributed by atoms with van der Waals surface area (Å²) in [6.45, 7) is 1.54. The summed E-state index contributed by atoms with van der Waals surface area (Å²) in [4.78, 5) is 13.0. The molecule has 112 valence electrons. The molecule has 0 bridgehead atoms. The van der Waals surface area contributed by atoms with Gasteiger partial charge >= 0.3 is 5.97 Å². The minimum Gasteiger partial charge on any atom is -0.444 e. The van der Waals surface area contributed by atoms with Crippen molar-refractivity contribution in [3.63, 3.8) is 0 Å². The van der Waals surface area contributed by atoms with Crippen LogP contribution < -0.4 is 0 Å². The predicted molar refractivity (Wildman–Crippen MR) is 87.9 cm³/mol. The van der Waals surface area contributed by atoms with Crippen molar-refractivity contribution in [1.29, 1.82) is 5.26 Å². The molecular weight excluding hydrogens is 318 g/mol. The van der Waals surface area contributed by atoms with Crippen LogP contribution in [0, 0.1) is 11.3 Å². The Morgan fingerprint density at radius 1 is 1.32 bits per heavy atom. The number of halogens is 1. The van der Waals surface area contributed by atoms with Gasteiger partial charge in [0, 0.05) is 15.7 Å². The van der Waals surface area contributed by atoms with Crippen molar-refractivity contribution in [3.8, 4) is 6.07 Å². The van der Waals surface area contributed by atoms with Gasteiger partial charge in [0.15, 0.2) is 6.10 Å². The molecule has 0 radical (unpaired) electrons. The van der Waals surface area contributed by atoms with E-state index >= 15 is 0 Å². The van der Waals surface area contributed by atoms with Crippen LogP contribution in [0.5, 0.6) is 0 Å². The molecule has 0 aliphatic rings. The number of hydrogen-bond donors (Lipinski definition) is 0. The Morgan fingerprint density at radius 2 is 2.05 bits per heavy atom. The monoisotopic (exact) mass is 331 g/mol. The highest BCUT2D eigenvalue weighted by atomic mass is 35.5. The number of ether oxygens (including phenoxy) is 1. The van der Waals surface area contributed by atoms with Gasteiger partial charge in [-0.1, -0.05) is 23.7 Å². The van der Waals surface area contributed by atoms with Crippen molar-refractivity contribution >= 4 is 29.3 Å². The van der Waals surface area contributed by atoms with Crippen LogP contribution in [0.25, 0.3) is 0 Å². The first-order valence-electron chi connectivity index (χ1n) is 6.66. The Morgan fingerprint density at radius 3 is 2.73 bits per heavy atom. The van der Waals surface area contributed by atoms with Gasteiger partial charge in [-0.25, -0.2) is 4.79 Å². The zero-order valence-corrected chi connectivity index (χ0v) is 13.5. The van der Waals surface area contributed by atoms with Gasteiger partial charge in [0.1, 0.15) is 6.07 Å². The standard InChI is InChI=1S/C17H14ClNO2S/c1-12(10-19)21-17(20)14-4-2-3-13(9-14)11-22-16-7-5-15(18)6-8-16/h2-9,12H,11H2,1H3/t12-/m0/s1. The lowest BCUT2D eigenvalue weighted by atomic mass is 10.1. The van der Waals surface area contributed by atoms with Gasteiger partial charge in [-0.2, -0.15) is 5.26 Å². The molecule has 22 heavy (non-hydrogen) atoms. The van der Waals surface area contributed by atoms with E-state index in [1.807, 2.05) is 42.5 Å². The molecule has 0 N–H and O–H groups in total. The van der Waals surface area contributed by atoms with Crippen molar-refractivity contribution in [2.75, 3.05) is 0 Å². The number of nitriles is 1. The second-order valence-electron chi connectivity index (χ2n) is 4.62. The summed E-state index contributed by atoms with van der Waals surface area (Å²) in [5.74, 6) is 0.253. The van der Waals surface area contributed by atoms with E-state index in [0.717, 1.165) is 16.2 Å². The van der Waals surface area contributed by atoms with E-state index in [1.165, 1.54) is 6.92 Å². The van der Waals surface area contributed by atoms with Crippen LogP contribution >= 0.6 is 23.4 Å². The topological polar surface area (TPSA) is 50.1 Å². The molecule has 0 aliphatic heterocycles. The third kappa shape index (κ3) is 4.80. The number of esters is 1. The van der Waals surface area contributed by atoms with Crippen LogP contribution in [0.2, 0.25) is 5.02 Å². The largest absolute Gasteiger partial charge is 0.444 e. The molecule has 2 aromatic carbocycles. The minimum absolute atomic E-state index is 0.455. The van der Waals surface area contributed by atoms with Crippen molar-refractivity contribution in [3.05, 3.63) is 64.7 Å². The fraction of sp³-hybridized carbons (Fsp3) is 0.176. The maximum Gasteiger partial charge on any atom is 0.339 e. The summed E-state index contributed by atoms with van der Waals surface area (Å²) in [5.41, 5.74) is 1.47. The summed E-state index contributed by atoms with van der Waals surface area (Å²) >= 11 is 7.51. The first kappa shape index (κ1) is 16.4. The van der Waals surface area contributed by atoms with Gasteiger partial charge in [-0.05, 0) is 48.9 Å². The third-order valence-corrected chi connectivity index (χ3v) is 4.18. The molecule has 0 aromatic heterocycles. The number of carbonyl (C=O) groups excluding carboxylic acids is 1. The Labute approximate surface area is 138 Å². The zero-order valence-electron chi connectivity index (χ0n) is 12.0. The fourth-order valence-corrected chi connectivity index (χ4v) is 2.71. The van der Waals surface area contributed by atoms with Crippen LogP contribution in [0.3, 0.4) is 0 Å². The number of rotatable bonds is 5. The van der Waals surface area contributed by atoms with Gasteiger partial charge in [0.05, 0.1) is 5.56 Å². The third-order valence-electron chi connectivity index (χ3n) is 2.85. The number of hydrogen-bond acceptors (Lipinski definition) is 4. The maximum absolute atomic E-state index is 11.9. The lowest BCUT2D eigenvalue weighted by Crippen LogP contribution is -2.13. The second kappa shape index (κ2) is 7.88. The van der Waals surface area contributed by atoms with E-state index in [2.05, 4.69) is 0 Å². The Balaban J connectivity index is 2.01. The van der Waals surface area contributed by atoms with Gasteiger partial charge in [-0.3, -0.25) is 0 Å². The van der Waals surface area contributed by atoms with E-state index < -0.39 is 12.1 Å². The predicted octanol–water partition coefficient (Wildman–Crippen LogP) is 4.70. The lowest BCUT2D eigenvalue weighted by Gasteiger charge is -2.07. The molecule has 2 aromatic rings. The van der Waals surface area contributed by atoms with Gasteiger partial charge < -0.3 is 4.74 Å². The number of thioether (sulfide) groups is 1. The summed E-state index contributed by atoms with van der Waals surface area (Å²) in [5, 5.41) is 9.38. The molecule has 0 unspecified atom stereocenters. The molecule has 0 amide bonds. The van der Waals surface area contributed by atoms with E-state index in [9.17, 15) is 4.79 Å². The van der Waals surface area contributed by atoms with Gasteiger partial charge in [0.25, 0.3) is 0 Å². The molecule has 2 rings (SSSR count). The molecule has 0 saturated heterocycles. The fourth-order valence-electron chi connectivity index (χ4n) is 1.74. The van der Waals surface area contributed by atoms with E-state index in [1.54, 1.807) is 23.9 Å². The molecular formula is C17H14ClNO2S. The van der Waals surface area contributed by atoms with Crippen molar-refractivity contribution in [1.82, 2.24) is 0 Å². The molecule has 3 nitrogen and oxygen atoms in total. The highest BCUT2D eigenvalue weighted by Gasteiger charge is 2.11. The normalized spacial score (nSPS) is 11.5. The van der Waals surface area contributed by atoms with Crippen molar-refractivity contribution in [2.45, 2.75) is 23.7 Å². The first-order valence-corrected chi connectivity index (χ1v) is 8.03. The number of nitrogens with zero attached hydrogens (tertiary/aromatic N) is 1. The Hall–Kier alpha value is -1.96. The van der Waals surface area contributed by atoms with Crippen LogP contribution in [-0.4, -0.2) is 12.1 Å². The molecule has 0 saturated carbocycles. The van der Waals surface area contributed by atoms with Gasteiger partial charge in [0.2, 0.25) is 0 Å². The molecule has 0 fully saturated rings. The Bertz CT molecular complexity index is 695.